The van der Waals surface area contributed by atoms with Crippen LogP contribution in [0, 0.1) is 0 Å². The third kappa shape index (κ3) is 7.74. The Morgan fingerprint density at radius 2 is 1.97 bits per heavy atom. The summed E-state index contributed by atoms with van der Waals surface area (Å²) in [4.78, 5) is 4.22. The monoisotopic (exact) mass is 426 g/mol. The summed E-state index contributed by atoms with van der Waals surface area (Å²) in [5.41, 5.74) is 1.01. The van der Waals surface area contributed by atoms with E-state index in [4.69, 9.17) is 9.47 Å². The van der Waals surface area contributed by atoms with Crippen LogP contribution in [0.25, 0.3) is 0 Å². The van der Waals surface area contributed by atoms with E-state index < -0.39 is 10.0 Å². The van der Waals surface area contributed by atoms with Gasteiger partial charge in [-0.1, -0.05) is 12.1 Å². The molecule has 0 radical (unpaired) electrons. The lowest BCUT2D eigenvalue weighted by Gasteiger charge is -2.20. The average molecular weight is 427 g/mol. The quantitative estimate of drug-likeness (QED) is 0.284. The van der Waals surface area contributed by atoms with Gasteiger partial charge in [0.1, 0.15) is 0 Å². The molecule has 9 heteroatoms. The Labute approximate surface area is 174 Å². The molecule has 1 aliphatic rings. The summed E-state index contributed by atoms with van der Waals surface area (Å²) in [7, 11) is 0.216. The van der Waals surface area contributed by atoms with E-state index in [9.17, 15) is 8.42 Å². The highest BCUT2D eigenvalue weighted by atomic mass is 32.2. The summed E-state index contributed by atoms with van der Waals surface area (Å²) in [5, 5.41) is 6.48. The molecule has 29 heavy (non-hydrogen) atoms. The number of ether oxygens (including phenoxy) is 2. The van der Waals surface area contributed by atoms with Gasteiger partial charge in [0.15, 0.2) is 17.5 Å². The van der Waals surface area contributed by atoms with Gasteiger partial charge in [0.25, 0.3) is 0 Å². The summed E-state index contributed by atoms with van der Waals surface area (Å²) in [5.74, 6) is 2.27. The van der Waals surface area contributed by atoms with E-state index >= 15 is 0 Å². The van der Waals surface area contributed by atoms with E-state index in [1.165, 1.54) is 12.8 Å². The molecule has 1 fully saturated rings. The van der Waals surface area contributed by atoms with E-state index in [-0.39, 0.29) is 11.9 Å². The van der Waals surface area contributed by atoms with Crippen LogP contribution in [-0.4, -0.2) is 53.5 Å². The number of sulfonamides is 1. The van der Waals surface area contributed by atoms with E-state index in [2.05, 4.69) is 20.3 Å². The molecule has 0 unspecified atom stereocenters. The van der Waals surface area contributed by atoms with Crippen LogP contribution in [0.4, 0.5) is 0 Å². The largest absolute Gasteiger partial charge is 0.493 e. The van der Waals surface area contributed by atoms with Crippen LogP contribution < -0.4 is 24.8 Å². The average Bonchev–Trinajstić information content (AvgIpc) is 3.24. The summed E-state index contributed by atoms with van der Waals surface area (Å²) >= 11 is 0. The second-order valence-corrected chi connectivity index (χ2v) is 9.07. The van der Waals surface area contributed by atoms with Crippen LogP contribution in [0.1, 0.15) is 44.6 Å². The van der Waals surface area contributed by atoms with Crippen LogP contribution in [0.3, 0.4) is 0 Å². The molecule has 0 atom stereocenters. The molecule has 0 spiro atoms. The molecule has 0 bridgehead atoms. The fourth-order valence-electron chi connectivity index (χ4n) is 3.19. The molecule has 8 nitrogen and oxygen atoms in total. The number of nitrogens with zero attached hydrogens (tertiary/aromatic N) is 1. The van der Waals surface area contributed by atoms with Crippen molar-refractivity contribution in [3.8, 4) is 11.5 Å². The van der Waals surface area contributed by atoms with E-state index in [1.54, 1.807) is 21.1 Å². The van der Waals surface area contributed by atoms with Gasteiger partial charge in [-0.3, -0.25) is 4.99 Å². The predicted octanol–water partition coefficient (Wildman–Crippen LogP) is 2.01. The minimum atomic E-state index is -3.14. The molecular formula is C20H34N4O4S. The Balaban J connectivity index is 1.86. The molecule has 1 aromatic rings. The zero-order chi connectivity index (χ0) is 21.1. The molecule has 1 aliphatic carbocycles. The zero-order valence-corrected chi connectivity index (χ0v) is 18.5. The summed E-state index contributed by atoms with van der Waals surface area (Å²) in [6.45, 7) is 3.17. The first-order chi connectivity index (χ1) is 14.0. The summed E-state index contributed by atoms with van der Waals surface area (Å²) in [6, 6.07) is 5.89. The van der Waals surface area contributed by atoms with Gasteiger partial charge < -0.3 is 20.1 Å². The Morgan fingerprint density at radius 1 is 1.21 bits per heavy atom. The third-order valence-electron chi connectivity index (χ3n) is 4.88. The number of aliphatic imine (C=N–C) groups is 1. The minimum absolute atomic E-state index is 0.0927. The van der Waals surface area contributed by atoms with Crippen molar-refractivity contribution < 1.29 is 17.9 Å². The van der Waals surface area contributed by atoms with Gasteiger partial charge in [-0.25, -0.2) is 13.1 Å². The number of nitrogens with one attached hydrogen (secondary N) is 3. The molecule has 2 rings (SSSR count). The topological polar surface area (TPSA) is 101 Å². The van der Waals surface area contributed by atoms with Crippen LogP contribution in [-0.2, 0) is 16.6 Å². The van der Waals surface area contributed by atoms with Crippen LogP contribution in [0.5, 0.6) is 11.5 Å². The number of methoxy groups -OCH3 is 1. The minimum Gasteiger partial charge on any atom is -0.493 e. The van der Waals surface area contributed by atoms with Gasteiger partial charge in [0, 0.05) is 32.2 Å². The first-order valence-electron chi connectivity index (χ1n) is 10.2. The van der Waals surface area contributed by atoms with Crippen molar-refractivity contribution in [3.05, 3.63) is 23.8 Å². The fraction of sp³-hybridized carbons (Fsp3) is 0.650. The predicted molar refractivity (Wildman–Crippen MR) is 116 cm³/mol. The normalized spacial score (nSPS) is 15.3. The van der Waals surface area contributed by atoms with Gasteiger partial charge in [0.05, 0.1) is 19.0 Å². The maximum absolute atomic E-state index is 11.4. The lowest BCUT2D eigenvalue weighted by molar-refractivity contribution is 0.198. The molecule has 0 heterocycles. The van der Waals surface area contributed by atoms with Crippen LogP contribution in [0.15, 0.2) is 23.2 Å². The van der Waals surface area contributed by atoms with Gasteiger partial charge in [-0.2, -0.15) is 0 Å². The third-order valence-corrected chi connectivity index (χ3v) is 6.29. The van der Waals surface area contributed by atoms with Crippen LogP contribution >= 0.6 is 0 Å². The Kier molecular flexibility index (Phi) is 9.53. The Bertz CT molecular complexity index is 762. The number of guanidine groups is 1. The molecule has 0 aliphatic heterocycles. The fourth-order valence-corrected chi connectivity index (χ4v) is 3.85. The standard InChI is InChI=1S/C20H34N4O4S/c1-4-29(25,26)24-14-8-13-22-20(21-2)23-15-16-9-7-12-18(27-3)19(16)28-17-10-5-6-11-17/h7,9,12,17,24H,4-6,8,10-11,13-15H2,1-3H3,(H2,21,22,23). The smallest absolute Gasteiger partial charge is 0.211 e. The molecule has 0 saturated heterocycles. The van der Waals surface area contributed by atoms with E-state index in [0.717, 1.165) is 29.9 Å². The van der Waals surface area contributed by atoms with E-state index in [1.807, 2.05) is 18.2 Å². The van der Waals surface area contributed by atoms with Crippen molar-refractivity contribution in [2.45, 2.75) is 51.7 Å². The highest BCUT2D eigenvalue weighted by Crippen LogP contribution is 2.34. The number of hydrogen-bond donors (Lipinski definition) is 3. The molecule has 1 aromatic carbocycles. The second-order valence-electron chi connectivity index (χ2n) is 6.98. The number of rotatable bonds is 11. The maximum Gasteiger partial charge on any atom is 0.211 e. The van der Waals surface area contributed by atoms with Gasteiger partial charge in [-0.15, -0.1) is 0 Å². The van der Waals surface area contributed by atoms with Gasteiger partial charge in [0.2, 0.25) is 10.0 Å². The lowest BCUT2D eigenvalue weighted by atomic mass is 10.1. The van der Waals surface area contributed by atoms with Crippen molar-refractivity contribution in [1.29, 1.82) is 0 Å². The molecule has 0 aromatic heterocycles. The highest BCUT2D eigenvalue weighted by molar-refractivity contribution is 7.89. The second kappa shape index (κ2) is 11.9. The zero-order valence-electron chi connectivity index (χ0n) is 17.7. The summed E-state index contributed by atoms with van der Waals surface area (Å²) < 4.78 is 37.2. The first kappa shape index (κ1) is 23.3. The van der Waals surface area contributed by atoms with Crippen molar-refractivity contribution in [2.24, 2.45) is 4.99 Å². The number of hydrogen-bond acceptors (Lipinski definition) is 5. The maximum atomic E-state index is 11.4. The molecular weight excluding hydrogens is 392 g/mol. The highest BCUT2D eigenvalue weighted by Gasteiger charge is 2.20. The van der Waals surface area contributed by atoms with Crippen molar-refractivity contribution >= 4 is 16.0 Å². The number of benzene rings is 1. The Hall–Kier alpha value is -2.00. The molecule has 0 amide bonds. The van der Waals surface area contributed by atoms with Crippen LogP contribution in [0.2, 0.25) is 0 Å². The van der Waals surface area contributed by atoms with Crippen molar-refractivity contribution in [1.82, 2.24) is 15.4 Å². The lowest BCUT2D eigenvalue weighted by Crippen LogP contribution is -2.38. The molecule has 3 N–H and O–H groups in total. The Morgan fingerprint density at radius 3 is 2.62 bits per heavy atom. The SMILES string of the molecule is CCS(=O)(=O)NCCCNC(=NC)NCc1cccc(OC)c1OC1CCCC1. The summed E-state index contributed by atoms with van der Waals surface area (Å²) in [6.07, 6.45) is 5.48. The van der Waals surface area contributed by atoms with Crippen molar-refractivity contribution in [2.75, 3.05) is 33.0 Å². The molecule has 164 valence electrons. The van der Waals surface area contributed by atoms with Gasteiger partial charge in [-0.05, 0) is 45.1 Å². The first-order valence-corrected chi connectivity index (χ1v) is 11.9. The number of para-hydroxylation sites is 1. The van der Waals surface area contributed by atoms with Crippen molar-refractivity contribution in [3.63, 3.8) is 0 Å². The van der Waals surface area contributed by atoms with Gasteiger partial charge >= 0.3 is 0 Å². The van der Waals surface area contributed by atoms with E-state index in [0.29, 0.717) is 32.0 Å². The molecule has 1 saturated carbocycles.